The maximum Gasteiger partial charge on any atom is 0.126 e. The third-order valence-corrected chi connectivity index (χ3v) is 3.87. The van der Waals surface area contributed by atoms with Gasteiger partial charge in [-0.05, 0) is 38.8 Å². The zero-order chi connectivity index (χ0) is 14.5. The summed E-state index contributed by atoms with van der Waals surface area (Å²) < 4.78 is 11.1. The summed E-state index contributed by atoms with van der Waals surface area (Å²) in [6, 6.07) is 5.94. The van der Waals surface area contributed by atoms with E-state index in [1.54, 1.807) is 14.0 Å². The van der Waals surface area contributed by atoms with Crippen molar-refractivity contribution < 1.29 is 14.6 Å². The molecule has 112 valence electrons. The van der Waals surface area contributed by atoms with Gasteiger partial charge in [0, 0.05) is 30.9 Å². The van der Waals surface area contributed by atoms with Gasteiger partial charge in [-0.2, -0.15) is 0 Å². The Hall–Kier alpha value is -1.26. The number of aliphatic hydroxyl groups is 1. The van der Waals surface area contributed by atoms with E-state index in [0.29, 0.717) is 6.10 Å². The molecule has 1 aromatic carbocycles. The summed E-state index contributed by atoms with van der Waals surface area (Å²) in [6.07, 6.45) is 1.90. The number of hydrogen-bond donors (Lipinski definition) is 1. The van der Waals surface area contributed by atoms with Crippen LogP contribution in [0.5, 0.6) is 5.75 Å². The second kappa shape index (κ2) is 6.95. The molecule has 1 fully saturated rings. The van der Waals surface area contributed by atoms with Gasteiger partial charge in [0.05, 0.1) is 19.3 Å². The van der Waals surface area contributed by atoms with E-state index < -0.39 is 6.10 Å². The van der Waals surface area contributed by atoms with Crippen LogP contribution in [0.4, 0.5) is 5.69 Å². The van der Waals surface area contributed by atoms with Crippen LogP contribution >= 0.6 is 0 Å². The molecule has 1 aromatic rings. The quantitative estimate of drug-likeness (QED) is 0.900. The molecule has 0 spiro atoms. The predicted octanol–water partition coefficient (Wildman–Crippen LogP) is 2.75. The molecule has 1 aliphatic heterocycles. The van der Waals surface area contributed by atoms with Crippen molar-refractivity contribution in [3.05, 3.63) is 23.8 Å². The Balaban J connectivity index is 2.17. The zero-order valence-electron chi connectivity index (χ0n) is 12.6. The van der Waals surface area contributed by atoms with Crippen LogP contribution < -0.4 is 9.64 Å². The molecule has 0 saturated carbocycles. The Morgan fingerprint density at radius 1 is 1.35 bits per heavy atom. The highest BCUT2D eigenvalue weighted by atomic mass is 16.5. The van der Waals surface area contributed by atoms with Crippen molar-refractivity contribution in [3.63, 3.8) is 0 Å². The van der Waals surface area contributed by atoms with Crippen molar-refractivity contribution in [2.75, 3.05) is 31.7 Å². The molecule has 0 aromatic heterocycles. The van der Waals surface area contributed by atoms with E-state index >= 15 is 0 Å². The Bertz CT molecular complexity index is 426. The van der Waals surface area contributed by atoms with E-state index in [2.05, 4.69) is 11.0 Å². The molecule has 20 heavy (non-hydrogen) atoms. The fourth-order valence-corrected chi connectivity index (χ4v) is 2.91. The molecular formula is C16H25NO3. The highest BCUT2D eigenvalue weighted by molar-refractivity contribution is 5.60. The first-order valence-corrected chi connectivity index (χ1v) is 7.38. The first kappa shape index (κ1) is 15.1. The first-order chi connectivity index (χ1) is 9.67. The number of hydrogen-bond acceptors (Lipinski definition) is 4. The first-order valence-electron chi connectivity index (χ1n) is 7.38. The summed E-state index contributed by atoms with van der Waals surface area (Å²) in [7, 11) is 1.65. The number of methoxy groups -OCH3 is 1. The van der Waals surface area contributed by atoms with E-state index in [4.69, 9.17) is 9.47 Å². The van der Waals surface area contributed by atoms with E-state index in [-0.39, 0.29) is 0 Å². The normalized spacial score (nSPS) is 18.1. The molecule has 1 heterocycles. The van der Waals surface area contributed by atoms with Crippen LogP contribution in [0.1, 0.15) is 38.4 Å². The minimum absolute atomic E-state index is 0.372. The van der Waals surface area contributed by atoms with Gasteiger partial charge in [-0.3, -0.25) is 0 Å². The molecule has 1 atom stereocenters. The van der Waals surface area contributed by atoms with Gasteiger partial charge in [-0.15, -0.1) is 0 Å². The van der Waals surface area contributed by atoms with Gasteiger partial charge in [0.1, 0.15) is 5.75 Å². The number of piperidine rings is 1. The van der Waals surface area contributed by atoms with Gasteiger partial charge in [0.2, 0.25) is 0 Å². The van der Waals surface area contributed by atoms with Crippen molar-refractivity contribution in [2.24, 2.45) is 0 Å². The van der Waals surface area contributed by atoms with Crippen molar-refractivity contribution in [3.8, 4) is 5.75 Å². The second-order valence-electron chi connectivity index (χ2n) is 5.21. The van der Waals surface area contributed by atoms with Crippen molar-refractivity contribution >= 4 is 5.69 Å². The maximum atomic E-state index is 10.1. The molecule has 0 radical (unpaired) electrons. The van der Waals surface area contributed by atoms with Crippen molar-refractivity contribution in [2.45, 2.75) is 38.9 Å². The fraction of sp³-hybridized carbons (Fsp3) is 0.625. The number of benzene rings is 1. The van der Waals surface area contributed by atoms with Crippen LogP contribution in [0.3, 0.4) is 0 Å². The largest absolute Gasteiger partial charge is 0.496 e. The van der Waals surface area contributed by atoms with Gasteiger partial charge in [0.15, 0.2) is 0 Å². The monoisotopic (exact) mass is 279 g/mol. The predicted molar refractivity (Wildman–Crippen MR) is 80.5 cm³/mol. The molecule has 1 aliphatic rings. The highest BCUT2D eigenvalue weighted by Crippen LogP contribution is 2.35. The molecule has 1 N–H and O–H groups in total. The fourth-order valence-electron chi connectivity index (χ4n) is 2.91. The van der Waals surface area contributed by atoms with Crippen molar-refractivity contribution in [1.29, 1.82) is 0 Å². The van der Waals surface area contributed by atoms with Gasteiger partial charge in [-0.25, -0.2) is 0 Å². The van der Waals surface area contributed by atoms with E-state index in [9.17, 15) is 5.11 Å². The summed E-state index contributed by atoms with van der Waals surface area (Å²) in [5, 5.41) is 10.1. The van der Waals surface area contributed by atoms with Gasteiger partial charge in [0.25, 0.3) is 0 Å². The minimum atomic E-state index is -0.536. The third kappa shape index (κ3) is 3.25. The molecule has 2 rings (SSSR count). The van der Waals surface area contributed by atoms with E-state index in [0.717, 1.165) is 49.5 Å². The summed E-state index contributed by atoms with van der Waals surface area (Å²) in [6.45, 7) is 6.52. The van der Waals surface area contributed by atoms with E-state index in [1.807, 2.05) is 19.1 Å². The SMILES string of the molecule is CCOC1CCN(c2cccc(OC)c2C(C)O)CC1. The molecule has 4 nitrogen and oxygen atoms in total. The molecule has 0 bridgehead atoms. The summed E-state index contributed by atoms with van der Waals surface area (Å²) in [4.78, 5) is 2.32. The number of aliphatic hydroxyl groups excluding tert-OH is 1. The second-order valence-corrected chi connectivity index (χ2v) is 5.21. The lowest BCUT2D eigenvalue weighted by molar-refractivity contribution is 0.0458. The highest BCUT2D eigenvalue weighted by Gasteiger charge is 2.23. The third-order valence-electron chi connectivity index (χ3n) is 3.87. The number of nitrogens with zero attached hydrogens (tertiary/aromatic N) is 1. The van der Waals surface area contributed by atoms with Gasteiger partial charge >= 0.3 is 0 Å². The molecule has 0 amide bonds. The standard InChI is InChI=1S/C16H25NO3/c1-4-20-13-8-10-17(11-9-13)14-6-5-7-15(19-3)16(14)12(2)18/h5-7,12-13,18H,4,8-11H2,1-3H3. The Kier molecular flexibility index (Phi) is 5.26. The Morgan fingerprint density at radius 3 is 2.60 bits per heavy atom. The van der Waals surface area contributed by atoms with Crippen LogP contribution in [0.25, 0.3) is 0 Å². The Morgan fingerprint density at radius 2 is 2.05 bits per heavy atom. The molecule has 4 heteroatoms. The van der Waals surface area contributed by atoms with Gasteiger partial charge < -0.3 is 19.5 Å². The average molecular weight is 279 g/mol. The van der Waals surface area contributed by atoms with Crippen molar-refractivity contribution in [1.82, 2.24) is 0 Å². The molecule has 0 aliphatic carbocycles. The summed E-state index contributed by atoms with van der Waals surface area (Å²) in [5.41, 5.74) is 1.96. The van der Waals surface area contributed by atoms with Crippen LogP contribution in [0.15, 0.2) is 18.2 Å². The molecular weight excluding hydrogens is 254 g/mol. The smallest absolute Gasteiger partial charge is 0.126 e. The lowest BCUT2D eigenvalue weighted by atomic mass is 10.0. The lowest BCUT2D eigenvalue weighted by Gasteiger charge is -2.35. The summed E-state index contributed by atoms with van der Waals surface area (Å²) >= 11 is 0. The number of rotatable bonds is 5. The minimum Gasteiger partial charge on any atom is -0.496 e. The van der Waals surface area contributed by atoms with Crippen LogP contribution in [0.2, 0.25) is 0 Å². The maximum absolute atomic E-state index is 10.1. The lowest BCUT2D eigenvalue weighted by Crippen LogP contribution is -2.37. The molecule has 1 saturated heterocycles. The van der Waals surface area contributed by atoms with Crippen LogP contribution in [-0.4, -0.2) is 38.0 Å². The number of ether oxygens (including phenoxy) is 2. The average Bonchev–Trinajstić information content (AvgIpc) is 2.47. The van der Waals surface area contributed by atoms with E-state index in [1.165, 1.54) is 0 Å². The van der Waals surface area contributed by atoms with Crippen LogP contribution in [-0.2, 0) is 4.74 Å². The summed E-state index contributed by atoms with van der Waals surface area (Å²) in [5.74, 6) is 0.754. The molecule has 1 unspecified atom stereocenters. The number of anilines is 1. The van der Waals surface area contributed by atoms with Crippen LogP contribution in [0, 0.1) is 0 Å². The zero-order valence-corrected chi connectivity index (χ0v) is 12.6. The Labute approximate surface area is 121 Å². The van der Waals surface area contributed by atoms with Gasteiger partial charge in [-0.1, -0.05) is 6.07 Å². The topological polar surface area (TPSA) is 41.9 Å².